The molecule has 1 amide bonds. The van der Waals surface area contributed by atoms with E-state index in [9.17, 15) is 9.59 Å². The zero-order chi connectivity index (χ0) is 14.0. The normalized spacial score (nSPS) is 10.7. The zero-order valence-corrected chi connectivity index (χ0v) is 11.1. The van der Waals surface area contributed by atoms with Crippen LogP contribution in [0.15, 0.2) is 41.2 Å². The average Bonchev–Trinajstić information content (AvgIpc) is 2.80. The number of para-hydroxylation sites is 1. The van der Waals surface area contributed by atoms with Crippen molar-refractivity contribution in [1.82, 2.24) is 19.8 Å². The Bertz CT molecular complexity index is 628. The number of aromatic amines is 1. The predicted octanol–water partition coefficient (Wildman–Crippen LogP) is 0.714. The van der Waals surface area contributed by atoms with E-state index in [1.54, 1.807) is 38.3 Å². The monoisotopic (exact) mass is 260 g/mol. The van der Waals surface area contributed by atoms with Crippen LogP contribution in [-0.2, 0) is 0 Å². The first-order valence-corrected chi connectivity index (χ1v) is 5.83. The number of benzene rings is 1. The molecule has 1 aromatic heterocycles. The van der Waals surface area contributed by atoms with E-state index in [0.29, 0.717) is 5.69 Å². The fourth-order valence-corrected chi connectivity index (χ4v) is 1.63. The van der Waals surface area contributed by atoms with Gasteiger partial charge in [0.25, 0.3) is 11.5 Å². The van der Waals surface area contributed by atoms with Crippen molar-refractivity contribution in [1.29, 1.82) is 0 Å². The smallest absolute Gasteiger partial charge is 0.285 e. The number of aromatic nitrogens is 2. The van der Waals surface area contributed by atoms with Crippen LogP contribution in [0.2, 0.25) is 0 Å². The molecule has 0 spiro atoms. The largest absolute Gasteiger partial charge is 0.286 e. The molecule has 6 heteroatoms. The van der Waals surface area contributed by atoms with Crippen molar-refractivity contribution in [3.63, 3.8) is 0 Å². The summed E-state index contributed by atoms with van der Waals surface area (Å²) >= 11 is 0. The number of H-pyrrole nitrogens is 1. The van der Waals surface area contributed by atoms with Crippen LogP contribution in [0.25, 0.3) is 5.69 Å². The molecule has 0 aliphatic rings. The molecule has 0 saturated heterocycles. The van der Waals surface area contributed by atoms with Gasteiger partial charge in [-0.05, 0) is 12.1 Å². The molecule has 0 aliphatic heterocycles. The Kier molecular flexibility index (Phi) is 3.52. The van der Waals surface area contributed by atoms with E-state index in [4.69, 9.17) is 0 Å². The summed E-state index contributed by atoms with van der Waals surface area (Å²) in [6, 6.07) is 10.4. The van der Waals surface area contributed by atoms with Gasteiger partial charge in [-0.15, -0.1) is 0 Å². The molecule has 19 heavy (non-hydrogen) atoms. The van der Waals surface area contributed by atoms with Crippen LogP contribution in [0.4, 0.5) is 0 Å². The Labute approximate surface area is 110 Å². The highest BCUT2D eigenvalue weighted by Gasteiger charge is 2.17. The lowest BCUT2D eigenvalue weighted by Crippen LogP contribution is -2.38. The third-order valence-electron chi connectivity index (χ3n) is 2.86. The summed E-state index contributed by atoms with van der Waals surface area (Å²) in [7, 11) is 5.15. The molecule has 1 N–H and O–H groups in total. The predicted molar refractivity (Wildman–Crippen MR) is 72.2 cm³/mol. The van der Waals surface area contributed by atoms with Crippen LogP contribution in [-0.4, -0.2) is 46.8 Å². The number of rotatable bonds is 3. The van der Waals surface area contributed by atoms with Crippen LogP contribution in [0.1, 0.15) is 10.5 Å². The van der Waals surface area contributed by atoms with Gasteiger partial charge in [-0.2, -0.15) is 0 Å². The molecular weight excluding hydrogens is 244 g/mol. The second-order valence-corrected chi connectivity index (χ2v) is 4.35. The summed E-state index contributed by atoms with van der Waals surface area (Å²) in [5, 5.41) is 5.88. The second kappa shape index (κ2) is 5.11. The first-order valence-electron chi connectivity index (χ1n) is 5.83. The number of nitrogens with zero attached hydrogens (tertiary/aromatic N) is 3. The highest BCUT2D eigenvalue weighted by Crippen LogP contribution is 2.05. The van der Waals surface area contributed by atoms with Gasteiger partial charge in [0.05, 0.1) is 5.69 Å². The van der Waals surface area contributed by atoms with Crippen LogP contribution in [0, 0.1) is 0 Å². The molecule has 0 saturated carbocycles. The summed E-state index contributed by atoms with van der Waals surface area (Å²) in [5.41, 5.74) is 0.686. The van der Waals surface area contributed by atoms with Crippen molar-refractivity contribution < 1.29 is 4.79 Å². The number of hydrazine groups is 1. The number of carbonyl (C=O) groups excluding carboxylic acids is 1. The average molecular weight is 260 g/mol. The quantitative estimate of drug-likeness (QED) is 0.827. The molecule has 100 valence electrons. The highest BCUT2D eigenvalue weighted by atomic mass is 16.2. The van der Waals surface area contributed by atoms with Crippen LogP contribution in [0.5, 0.6) is 0 Å². The molecule has 0 unspecified atom stereocenters. The highest BCUT2D eigenvalue weighted by molar-refractivity contribution is 5.91. The Morgan fingerprint density at radius 1 is 1.16 bits per heavy atom. The molecule has 2 rings (SSSR count). The van der Waals surface area contributed by atoms with E-state index in [1.165, 1.54) is 15.8 Å². The van der Waals surface area contributed by atoms with Gasteiger partial charge < -0.3 is 0 Å². The van der Waals surface area contributed by atoms with Crippen molar-refractivity contribution in [3.05, 3.63) is 52.4 Å². The molecule has 0 fully saturated rings. The molecule has 0 atom stereocenters. The standard InChI is InChI=1S/C13H16N4O2/c1-15(2)16(3)13(19)11-9-12(18)17(14-11)10-7-5-4-6-8-10/h4-9,14H,1-3H3. The van der Waals surface area contributed by atoms with E-state index in [0.717, 1.165) is 0 Å². The van der Waals surface area contributed by atoms with E-state index in [-0.39, 0.29) is 17.2 Å². The van der Waals surface area contributed by atoms with Gasteiger partial charge in [0.2, 0.25) is 0 Å². The van der Waals surface area contributed by atoms with Crippen LogP contribution in [0.3, 0.4) is 0 Å². The van der Waals surface area contributed by atoms with Gasteiger partial charge in [0.1, 0.15) is 5.69 Å². The maximum absolute atomic E-state index is 12.1. The van der Waals surface area contributed by atoms with Gasteiger partial charge >= 0.3 is 0 Å². The SMILES string of the molecule is CN(C)N(C)C(=O)c1cc(=O)n(-c2ccccc2)[nH]1. The van der Waals surface area contributed by atoms with Crippen molar-refractivity contribution in [2.75, 3.05) is 21.1 Å². The van der Waals surface area contributed by atoms with E-state index in [1.807, 2.05) is 18.2 Å². The zero-order valence-electron chi connectivity index (χ0n) is 11.1. The Morgan fingerprint density at radius 2 is 1.79 bits per heavy atom. The fraction of sp³-hybridized carbons (Fsp3) is 0.231. The Morgan fingerprint density at radius 3 is 2.37 bits per heavy atom. The summed E-state index contributed by atoms with van der Waals surface area (Å²) < 4.78 is 1.34. The van der Waals surface area contributed by atoms with Crippen molar-refractivity contribution in [2.24, 2.45) is 0 Å². The molecule has 6 nitrogen and oxygen atoms in total. The fourth-order valence-electron chi connectivity index (χ4n) is 1.63. The molecular formula is C13H16N4O2. The summed E-state index contributed by atoms with van der Waals surface area (Å²) in [6.07, 6.45) is 0. The van der Waals surface area contributed by atoms with Crippen LogP contribution >= 0.6 is 0 Å². The van der Waals surface area contributed by atoms with Crippen LogP contribution < -0.4 is 5.56 Å². The lowest BCUT2D eigenvalue weighted by molar-refractivity contribution is 0.0335. The van der Waals surface area contributed by atoms with E-state index < -0.39 is 0 Å². The van der Waals surface area contributed by atoms with Gasteiger partial charge in [-0.3, -0.25) is 19.7 Å². The van der Waals surface area contributed by atoms with Gasteiger partial charge in [-0.25, -0.2) is 9.69 Å². The third-order valence-corrected chi connectivity index (χ3v) is 2.86. The third kappa shape index (κ3) is 2.58. The maximum atomic E-state index is 12.1. The molecule has 0 aliphatic carbocycles. The molecule has 1 aromatic carbocycles. The number of nitrogens with one attached hydrogen (secondary N) is 1. The number of amides is 1. The van der Waals surface area contributed by atoms with Crippen molar-refractivity contribution in [3.8, 4) is 5.69 Å². The number of hydrogen-bond donors (Lipinski definition) is 1. The van der Waals surface area contributed by atoms with Gasteiger partial charge in [0.15, 0.2) is 0 Å². The topological polar surface area (TPSA) is 61.3 Å². The molecule has 2 aromatic rings. The van der Waals surface area contributed by atoms with Gasteiger partial charge in [0, 0.05) is 27.2 Å². The first-order chi connectivity index (χ1) is 9.00. The lowest BCUT2D eigenvalue weighted by Gasteiger charge is -2.23. The summed E-state index contributed by atoms with van der Waals surface area (Å²) in [6.45, 7) is 0. The minimum Gasteiger partial charge on any atom is -0.286 e. The van der Waals surface area contributed by atoms with E-state index in [2.05, 4.69) is 5.10 Å². The lowest BCUT2D eigenvalue weighted by atomic mass is 10.3. The first kappa shape index (κ1) is 13.1. The molecule has 0 bridgehead atoms. The Hall–Kier alpha value is -2.34. The summed E-state index contributed by atoms with van der Waals surface area (Å²) in [4.78, 5) is 24.0. The number of hydrogen-bond acceptors (Lipinski definition) is 3. The summed E-state index contributed by atoms with van der Waals surface area (Å²) in [5.74, 6) is -0.267. The van der Waals surface area contributed by atoms with Gasteiger partial charge in [-0.1, -0.05) is 18.2 Å². The number of carbonyl (C=O) groups is 1. The second-order valence-electron chi connectivity index (χ2n) is 4.35. The molecule has 1 heterocycles. The molecule has 0 radical (unpaired) electrons. The minimum absolute atomic E-state index is 0.255. The Balaban J connectivity index is 2.38. The van der Waals surface area contributed by atoms with E-state index >= 15 is 0 Å². The van der Waals surface area contributed by atoms with Crippen molar-refractivity contribution >= 4 is 5.91 Å². The minimum atomic E-state index is -0.267. The maximum Gasteiger partial charge on any atom is 0.285 e. The van der Waals surface area contributed by atoms with Crippen molar-refractivity contribution in [2.45, 2.75) is 0 Å².